The monoisotopic (exact) mass is 322 g/mol. The summed E-state index contributed by atoms with van der Waals surface area (Å²) >= 11 is 0. The summed E-state index contributed by atoms with van der Waals surface area (Å²) in [7, 11) is 0. The molecular formula is C19H14O5. The molecule has 0 amide bonds. The van der Waals surface area contributed by atoms with Crippen LogP contribution in [0.4, 0.5) is 0 Å². The predicted octanol–water partition coefficient (Wildman–Crippen LogP) is 4.59. The van der Waals surface area contributed by atoms with Crippen molar-refractivity contribution in [2.45, 2.75) is 11.8 Å². The molecule has 0 radical (unpaired) electrons. The first kappa shape index (κ1) is 14.4. The Bertz CT molecular complexity index is 725. The second-order valence-corrected chi connectivity index (χ2v) is 5.33. The molecule has 0 aliphatic rings. The van der Waals surface area contributed by atoms with Gasteiger partial charge >= 0.3 is 0 Å². The molecule has 0 fully saturated rings. The van der Waals surface area contributed by atoms with Crippen LogP contribution in [-0.4, -0.2) is 5.78 Å². The molecule has 0 spiro atoms. The summed E-state index contributed by atoms with van der Waals surface area (Å²) in [6, 6.07) is 14.0. The van der Waals surface area contributed by atoms with Crippen molar-refractivity contribution in [2.75, 3.05) is 0 Å². The standard InChI is InChI=1S/C19H14O5/c20-19(17(13-5-1-9-21-13)14-6-2-10-22-14)18(15-7-3-11-23-15)16-8-4-12-24-16/h1-12,17-18H. The summed E-state index contributed by atoms with van der Waals surface area (Å²) in [6.07, 6.45) is 6.14. The van der Waals surface area contributed by atoms with E-state index in [-0.39, 0.29) is 5.78 Å². The van der Waals surface area contributed by atoms with E-state index in [2.05, 4.69) is 0 Å². The van der Waals surface area contributed by atoms with E-state index in [0.717, 1.165) is 0 Å². The highest BCUT2D eigenvalue weighted by Gasteiger charge is 2.38. The van der Waals surface area contributed by atoms with E-state index < -0.39 is 11.8 Å². The topological polar surface area (TPSA) is 69.6 Å². The second-order valence-electron chi connectivity index (χ2n) is 5.33. The van der Waals surface area contributed by atoms with Gasteiger partial charge in [0.25, 0.3) is 0 Å². The SMILES string of the molecule is O=C(C(c1ccco1)c1ccco1)C(c1ccco1)c1ccco1. The van der Waals surface area contributed by atoms with E-state index in [4.69, 9.17) is 17.7 Å². The average molecular weight is 322 g/mol. The quantitative estimate of drug-likeness (QED) is 0.519. The molecule has 0 aliphatic heterocycles. The minimum absolute atomic E-state index is 0.148. The van der Waals surface area contributed by atoms with Crippen LogP contribution in [0.5, 0.6) is 0 Å². The van der Waals surface area contributed by atoms with Crippen LogP contribution in [0.2, 0.25) is 0 Å². The molecule has 0 aliphatic carbocycles. The molecule has 0 atom stereocenters. The number of carbonyl (C=O) groups excluding carboxylic acids is 1. The Hall–Kier alpha value is -3.21. The number of carbonyl (C=O) groups is 1. The number of rotatable bonds is 6. The van der Waals surface area contributed by atoms with Crippen molar-refractivity contribution in [3.05, 3.63) is 96.6 Å². The maximum absolute atomic E-state index is 13.4. The fourth-order valence-corrected chi connectivity index (χ4v) is 2.83. The molecule has 0 bridgehead atoms. The van der Waals surface area contributed by atoms with Crippen molar-refractivity contribution in [2.24, 2.45) is 0 Å². The van der Waals surface area contributed by atoms with Crippen LogP contribution < -0.4 is 0 Å². The minimum Gasteiger partial charge on any atom is -0.468 e. The molecule has 0 saturated carbocycles. The van der Waals surface area contributed by atoms with Gasteiger partial charge in [0.2, 0.25) is 0 Å². The third kappa shape index (κ3) is 2.50. The Kier molecular flexibility index (Phi) is 3.67. The van der Waals surface area contributed by atoms with Gasteiger partial charge in [0.1, 0.15) is 34.9 Å². The lowest BCUT2D eigenvalue weighted by Crippen LogP contribution is -2.21. The predicted molar refractivity (Wildman–Crippen MR) is 83.5 cm³/mol. The summed E-state index contributed by atoms with van der Waals surface area (Å²) in [5.41, 5.74) is 0. The fraction of sp³-hybridized carbons (Fsp3) is 0.105. The van der Waals surface area contributed by atoms with Gasteiger partial charge < -0.3 is 17.7 Å². The van der Waals surface area contributed by atoms with Crippen LogP contribution in [0, 0.1) is 0 Å². The molecule has 0 unspecified atom stereocenters. The van der Waals surface area contributed by atoms with Gasteiger partial charge in [-0.05, 0) is 48.5 Å². The lowest BCUT2D eigenvalue weighted by molar-refractivity contribution is -0.121. The van der Waals surface area contributed by atoms with Gasteiger partial charge in [0.05, 0.1) is 25.1 Å². The van der Waals surface area contributed by atoms with E-state index in [1.54, 1.807) is 48.5 Å². The normalized spacial score (nSPS) is 11.4. The van der Waals surface area contributed by atoms with E-state index in [0.29, 0.717) is 23.0 Å². The van der Waals surface area contributed by atoms with Gasteiger partial charge in [-0.15, -0.1) is 0 Å². The molecule has 5 heteroatoms. The average Bonchev–Trinajstić information content (AvgIpc) is 3.38. The van der Waals surface area contributed by atoms with Crippen LogP contribution in [0.15, 0.2) is 91.3 Å². The third-order valence-electron chi connectivity index (χ3n) is 3.88. The lowest BCUT2D eigenvalue weighted by atomic mass is 9.86. The Labute approximate surface area is 137 Å². The Morgan fingerprint density at radius 1 is 0.583 bits per heavy atom. The maximum atomic E-state index is 13.4. The lowest BCUT2D eigenvalue weighted by Gasteiger charge is -2.17. The molecule has 4 rings (SSSR count). The highest BCUT2D eigenvalue weighted by atomic mass is 16.4. The Morgan fingerprint density at radius 3 is 1.08 bits per heavy atom. The van der Waals surface area contributed by atoms with E-state index in [1.165, 1.54) is 25.1 Å². The number of ketones is 1. The summed E-state index contributed by atoms with van der Waals surface area (Å²) < 4.78 is 21.9. The fourth-order valence-electron chi connectivity index (χ4n) is 2.83. The third-order valence-corrected chi connectivity index (χ3v) is 3.88. The molecule has 5 nitrogen and oxygen atoms in total. The largest absolute Gasteiger partial charge is 0.468 e. The van der Waals surface area contributed by atoms with Crippen molar-refractivity contribution < 1.29 is 22.5 Å². The molecule has 24 heavy (non-hydrogen) atoms. The van der Waals surface area contributed by atoms with Gasteiger partial charge in [-0.2, -0.15) is 0 Å². The highest BCUT2D eigenvalue weighted by molar-refractivity contribution is 5.95. The van der Waals surface area contributed by atoms with E-state index in [1.807, 2.05) is 0 Å². The zero-order valence-corrected chi connectivity index (χ0v) is 12.6. The van der Waals surface area contributed by atoms with Crippen LogP contribution in [-0.2, 0) is 4.79 Å². The summed E-state index contributed by atoms with van der Waals surface area (Å²) in [5.74, 6) is 0.530. The zero-order valence-electron chi connectivity index (χ0n) is 12.6. The number of hydrogen-bond acceptors (Lipinski definition) is 5. The number of furan rings is 4. The molecule has 0 N–H and O–H groups in total. The Morgan fingerprint density at radius 2 is 0.875 bits per heavy atom. The van der Waals surface area contributed by atoms with Crippen LogP contribution in [0.25, 0.3) is 0 Å². The van der Waals surface area contributed by atoms with Crippen molar-refractivity contribution in [1.29, 1.82) is 0 Å². The minimum atomic E-state index is -0.685. The molecule has 4 aromatic heterocycles. The summed E-state index contributed by atoms with van der Waals surface area (Å²) in [6.45, 7) is 0. The van der Waals surface area contributed by atoms with Crippen LogP contribution in [0.3, 0.4) is 0 Å². The zero-order chi connectivity index (χ0) is 16.4. The van der Waals surface area contributed by atoms with E-state index >= 15 is 0 Å². The van der Waals surface area contributed by atoms with Gasteiger partial charge in [0.15, 0.2) is 5.78 Å². The molecule has 4 heterocycles. The summed E-state index contributed by atoms with van der Waals surface area (Å²) in [5, 5.41) is 0. The molecule has 0 saturated heterocycles. The van der Waals surface area contributed by atoms with E-state index in [9.17, 15) is 4.79 Å². The first-order valence-corrected chi connectivity index (χ1v) is 7.52. The first-order valence-electron chi connectivity index (χ1n) is 7.52. The van der Waals surface area contributed by atoms with Gasteiger partial charge in [-0.3, -0.25) is 4.79 Å². The first-order chi connectivity index (χ1) is 11.8. The second kappa shape index (κ2) is 6.12. The van der Waals surface area contributed by atoms with Gasteiger partial charge in [0, 0.05) is 0 Å². The van der Waals surface area contributed by atoms with Crippen LogP contribution in [0.1, 0.15) is 34.9 Å². The molecule has 0 aromatic carbocycles. The molecule has 120 valence electrons. The number of Topliss-reactive ketones (excluding diaryl/α,β-unsaturated/α-hetero) is 1. The van der Waals surface area contributed by atoms with Crippen molar-refractivity contribution in [3.63, 3.8) is 0 Å². The molecule has 4 aromatic rings. The highest BCUT2D eigenvalue weighted by Crippen LogP contribution is 2.36. The van der Waals surface area contributed by atoms with Crippen LogP contribution >= 0.6 is 0 Å². The van der Waals surface area contributed by atoms with Crippen molar-refractivity contribution in [1.82, 2.24) is 0 Å². The van der Waals surface area contributed by atoms with Gasteiger partial charge in [-0.25, -0.2) is 0 Å². The maximum Gasteiger partial charge on any atom is 0.169 e. The van der Waals surface area contributed by atoms with Crippen molar-refractivity contribution in [3.8, 4) is 0 Å². The molecular weight excluding hydrogens is 308 g/mol. The smallest absolute Gasteiger partial charge is 0.169 e. The number of hydrogen-bond donors (Lipinski definition) is 0. The van der Waals surface area contributed by atoms with Gasteiger partial charge in [-0.1, -0.05) is 0 Å². The van der Waals surface area contributed by atoms with Crippen molar-refractivity contribution >= 4 is 5.78 Å². The Balaban J connectivity index is 1.80. The summed E-state index contributed by atoms with van der Waals surface area (Å²) in [4.78, 5) is 13.4.